The van der Waals surface area contributed by atoms with E-state index >= 15 is 0 Å². The van der Waals surface area contributed by atoms with Gasteiger partial charge in [0.15, 0.2) is 0 Å². The van der Waals surface area contributed by atoms with Crippen molar-refractivity contribution < 1.29 is 18.3 Å². The highest BCUT2D eigenvalue weighted by Crippen LogP contribution is 2.35. The fourth-order valence-corrected chi connectivity index (χ4v) is 3.15. The van der Waals surface area contributed by atoms with Crippen LogP contribution in [0.1, 0.15) is 17.2 Å². The van der Waals surface area contributed by atoms with E-state index in [1.54, 1.807) is 12.1 Å². The fourth-order valence-electron chi connectivity index (χ4n) is 2.19. The fraction of sp³-hybridized carbons (Fsp3) is 0.308. The molecule has 2 rings (SSSR count). The first kappa shape index (κ1) is 13.8. The molecule has 102 valence electrons. The number of aryl methyl sites for hydroxylation is 1. The zero-order valence-electron chi connectivity index (χ0n) is 10.7. The predicted octanol–water partition coefficient (Wildman–Crippen LogP) is 1.32. The number of carboxylic acid groups (broad SMARTS) is 1. The summed E-state index contributed by atoms with van der Waals surface area (Å²) in [4.78, 5) is 11.2. The molecule has 19 heavy (non-hydrogen) atoms. The van der Waals surface area contributed by atoms with Crippen molar-refractivity contribution in [3.05, 3.63) is 47.0 Å². The SMILES string of the molecule is Cc1ccc(C2C(C(=O)O)=CCN2S(C)(=O)=O)cc1. The van der Waals surface area contributed by atoms with Gasteiger partial charge in [0.25, 0.3) is 0 Å². The van der Waals surface area contributed by atoms with Gasteiger partial charge in [-0.1, -0.05) is 35.9 Å². The highest BCUT2D eigenvalue weighted by molar-refractivity contribution is 7.88. The molecule has 5 nitrogen and oxygen atoms in total. The number of aliphatic carboxylic acids is 1. The number of carboxylic acids is 1. The molecule has 1 atom stereocenters. The minimum Gasteiger partial charge on any atom is -0.478 e. The van der Waals surface area contributed by atoms with E-state index < -0.39 is 22.0 Å². The molecule has 0 radical (unpaired) electrons. The third kappa shape index (κ3) is 2.69. The Morgan fingerprint density at radius 3 is 2.37 bits per heavy atom. The second kappa shape index (κ2) is 4.79. The maximum absolute atomic E-state index is 11.8. The van der Waals surface area contributed by atoms with Crippen LogP contribution in [-0.2, 0) is 14.8 Å². The van der Waals surface area contributed by atoms with Crippen molar-refractivity contribution in [2.45, 2.75) is 13.0 Å². The molecule has 0 aromatic heterocycles. The van der Waals surface area contributed by atoms with Crippen LogP contribution >= 0.6 is 0 Å². The van der Waals surface area contributed by atoms with E-state index in [4.69, 9.17) is 0 Å². The summed E-state index contributed by atoms with van der Waals surface area (Å²) in [5, 5.41) is 9.19. The Balaban J connectivity index is 2.48. The average molecular weight is 281 g/mol. The quantitative estimate of drug-likeness (QED) is 0.906. The topological polar surface area (TPSA) is 74.7 Å². The van der Waals surface area contributed by atoms with Gasteiger partial charge in [0.2, 0.25) is 10.0 Å². The predicted molar refractivity (Wildman–Crippen MR) is 71.2 cm³/mol. The van der Waals surface area contributed by atoms with Crippen LogP contribution in [0, 0.1) is 6.92 Å². The van der Waals surface area contributed by atoms with Crippen LogP contribution in [-0.4, -0.2) is 36.6 Å². The van der Waals surface area contributed by atoms with Crippen molar-refractivity contribution in [1.29, 1.82) is 0 Å². The van der Waals surface area contributed by atoms with Gasteiger partial charge in [-0.05, 0) is 12.5 Å². The van der Waals surface area contributed by atoms with Gasteiger partial charge >= 0.3 is 5.97 Å². The monoisotopic (exact) mass is 281 g/mol. The average Bonchev–Trinajstić information content (AvgIpc) is 2.74. The van der Waals surface area contributed by atoms with Crippen molar-refractivity contribution in [2.75, 3.05) is 12.8 Å². The largest absolute Gasteiger partial charge is 0.478 e. The lowest BCUT2D eigenvalue weighted by Gasteiger charge is -2.24. The molecule has 0 fully saturated rings. The van der Waals surface area contributed by atoms with Crippen LogP contribution < -0.4 is 0 Å². The zero-order valence-corrected chi connectivity index (χ0v) is 11.5. The van der Waals surface area contributed by atoms with E-state index in [2.05, 4.69) is 0 Å². The van der Waals surface area contributed by atoms with E-state index in [9.17, 15) is 18.3 Å². The molecule has 0 bridgehead atoms. The van der Waals surface area contributed by atoms with Gasteiger partial charge in [0.1, 0.15) is 0 Å². The molecule has 1 aromatic carbocycles. The number of hydrogen-bond acceptors (Lipinski definition) is 3. The molecule has 1 aromatic rings. The van der Waals surface area contributed by atoms with Crippen molar-refractivity contribution in [2.24, 2.45) is 0 Å². The van der Waals surface area contributed by atoms with Crippen LogP contribution in [0.5, 0.6) is 0 Å². The van der Waals surface area contributed by atoms with E-state index in [1.165, 1.54) is 10.4 Å². The molecular weight excluding hydrogens is 266 g/mol. The molecule has 0 spiro atoms. The Morgan fingerprint density at radius 2 is 1.89 bits per heavy atom. The maximum atomic E-state index is 11.8. The van der Waals surface area contributed by atoms with Gasteiger partial charge in [-0.25, -0.2) is 13.2 Å². The Labute approximate surface area is 112 Å². The van der Waals surface area contributed by atoms with Gasteiger partial charge in [0, 0.05) is 6.54 Å². The van der Waals surface area contributed by atoms with Crippen LogP contribution in [0.3, 0.4) is 0 Å². The van der Waals surface area contributed by atoms with E-state index in [1.807, 2.05) is 19.1 Å². The smallest absolute Gasteiger partial charge is 0.333 e. The van der Waals surface area contributed by atoms with Crippen molar-refractivity contribution in [3.63, 3.8) is 0 Å². The second-order valence-electron chi connectivity index (χ2n) is 4.61. The molecule has 0 saturated carbocycles. The van der Waals surface area contributed by atoms with E-state index in [0.29, 0.717) is 5.56 Å². The summed E-state index contributed by atoms with van der Waals surface area (Å²) in [5.41, 5.74) is 1.81. The number of rotatable bonds is 3. The molecule has 1 aliphatic rings. The normalized spacial score (nSPS) is 20.3. The van der Waals surface area contributed by atoms with E-state index in [-0.39, 0.29) is 12.1 Å². The summed E-state index contributed by atoms with van der Waals surface area (Å²) in [7, 11) is -3.46. The Kier molecular flexibility index (Phi) is 3.47. The molecule has 0 amide bonds. The number of sulfonamides is 1. The number of carbonyl (C=O) groups is 1. The Bertz CT molecular complexity index is 631. The van der Waals surface area contributed by atoms with Crippen molar-refractivity contribution >= 4 is 16.0 Å². The lowest BCUT2D eigenvalue weighted by atomic mass is 10.00. The first-order valence-corrected chi connectivity index (χ1v) is 7.62. The first-order chi connectivity index (χ1) is 8.80. The third-order valence-electron chi connectivity index (χ3n) is 3.14. The van der Waals surface area contributed by atoms with Crippen LogP contribution in [0.4, 0.5) is 0 Å². The minimum absolute atomic E-state index is 0.0962. The molecule has 1 N–H and O–H groups in total. The molecule has 1 unspecified atom stereocenters. The third-order valence-corrected chi connectivity index (χ3v) is 4.35. The molecular formula is C13H15NO4S. The van der Waals surface area contributed by atoms with Crippen molar-refractivity contribution in [3.8, 4) is 0 Å². The second-order valence-corrected chi connectivity index (χ2v) is 6.55. The van der Waals surface area contributed by atoms with Gasteiger partial charge < -0.3 is 5.11 Å². The van der Waals surface area contributed by atoms with Gasteiger partial charge in [-0.2, -0.15) is 4.31 Å². The van der Waals surface area contributed by atoms with Gasteiger partial charge in [0.05, 0.1) is 17.9 Å². The number of hydrogen-bond donors (Lipinski definition) is 1. The molecule has 6 heteroatoms. The molecule has 0 aliphatic carbocycles. The summed E-state index contributed by atoms with van der Waals surface area (Å²) < 4.78 is 24.7. The van der Waals surface area contributed by atoms with Crippen molar-refractivity contribution in [1.82, 2.24) is 4.31 Å². The zero-order chi connectivity index (χ0) is 14.2. The number of benzene rings is 1. The highest BCUT2D eigenvalue weighted by Gasteiger charge is 2.37. The lowest BCUT2D eigenvalue weighted by Crippen LogP contribution is -2.32. The van der Waals surface area contributed by atoms with Gasteiger partial charge in [-0.15, -0.1) is 0 Å². The standard InChI is InChI=1S/C13H15NO4S/c1-9-3-5-10(6-4-9)12-11(13(15)16)7-8-14(12)19(2,17)18/h3-7,12H,8H2,1-2H3,(H,15,16). The minimum atomic E-state index is -3.46. The first-order valence-electron chi connectivity index (χ1n) is 5.77. The molecule has 1 heterocycles. The molecule has 0 saturated heterocycles. The van der Waals surface area contributed by atoms with Crippen LogP contribution in [0.15, 0.2) is 35.9 Å². The summed E-state index contributed by atoms with van der Waals surface area (Å²) in [6, 6.07) is 6.47. The summed E-state index contributed by atoms with van der Waals surface area (Å²) in [6.45, 7) is 2.01. The summed E-state index contributed by atoms with van der Waals surface area (Å²) in [6.07, 6.45) is 2.54. The van der Waals surface area contributed by atoms with Gasteiger partial charge in [-0.3, -0.25) is 0 Å². The van der Waals surface area contributed by atoms with E-state index in [0.717, 1.165) is 11.8 Å². The Hall–Kier alpha value is -1.66. The lowest BCUT2D eigenvalue weighted by molar-refractivity contribution is -0.133. The molecule has 1 aliphatic heterocycles. The summed E-state index contributed by atoms with van der Waals surface area (Å²) >= 11 is 0. The van der Waals surface area contributed by atoms with Crippen LogP contribution in [0.25, 0.3) is 0 Å². The Morgan fingerprint density at radius 1 is 1.32 bits per heavy atom. The highest BCUT2D eigenvalue weighted by atomic mass is 32.2. The van der Waals surface area contributed by atoms with Crippen LogP contribution in [0.2, 0.25) is 0 Å². The number of nitrogens with zero attached hydrogens (tertiary/aromatic N) is 1. The summed E-state index contributed by atoms with van der Waals surface area (Å²) in [5.74, 6) is -1.09. The maximum Gasteiger partial charge on any atom is 0.333 e.